The topological polar surface area (TPSA) is 30.7 Å². The fraction of sp³-hybridized carbons (Fsp3) is 0.200. The molecule has 2 rings (SSSR count). The molecule has 0 bridgehead atoms. The van der Waals surface area contributed by atoms with E-state index < -0.39 is 0 Å². The van der Waals surface area contributed by atoms with Gasteiger partial charge in [-0.1, -0.05) is 12.1 Å². The maximum Gasteiger partial charge on any atom is 0.142 e. The van der Waals surface area contributed by atoms with E-state index in [0.29, 0.717) is 5.88 Å². The molecular formula is C10H9ClIN3. The van der Waals surface area contributed by atoms with Gasteiger partial charge in [-0.3, -0.25) is 0 Å². The molecule has 0 spiro atoms. The Bertz CT molecular complexity index is 438. The zero-order chi connectivity index (χ0) is 10.7. The molecule has 0 N–H and O–H groups in total. The Morgan fingerprint density at radius 3 is 2.67 bits per heavy atom. The maximum absolute atomic E-state index is 5.74. The molecule has 5 heteroatoms. The molecule has 1 aromatic carbocycles. The summed E-state index contributed by atoms with van der Waals surface area (Å²) in [6.45, 7) is 0.721. The molecule has 0 radical (unpaired) electrons. The van der Waals surface area contributed by atoms with E-state index in [1.807, 2.05) is 4.68 Å². The second kappa shape index (κ2) is 4.94. The van der Waals surface area contributed by atoms with Crippen LogP contribution in [-0.2, 0) is 12.4 Å². The average Bonchev–Trinajstić information content (AvgIpc) is 2.69. The lowest BCUT2D eigenvalue weighted by atomic mass is 10.2. The van der Waals surface area contributed by atoms with Crippen molar-refractivity contribution in [1.82, 2.24) is 14.8 Å². The van der Waals surface area contributed by atoms with Crippen molar-refractivity contribution in [2.45, 2.75) is 12.4 Å². The molecule has 0 aliphatic heterocycles. The Morgan fingerprint density at radius 2 is 2.00 bits per heavy atom. The van der Waals surface area contributed by atoms with Gasteiger partial charge in [-0.2, -0.15) is 5.10 Å². The van der Waals surface area contributed by atoms with Crippen LogP contribution in [0, 0.1) is 3.57 Å². The molecule has 0 unspecified atom stereocenters. The van der Waals surface area contributed by atoms with Crippen molar-refractivity contribution in [3.8, 4) is 0 Å². The van der Waals surface area contributed by atoms with E-state index in [-0.39, 0.29) is 0 Å². The Morgan fingerprint density at radius 1 is 1.27 bits per heavy atom. The first-order chi connectivity index (χ1) is 7.29. The molecule has 0 amide bonds. The van der Waals surface area contributed by atoms with Crippen molar-refractivity contribution in [1.29, 1.82) is 0 Å². The van der Waals surface area contributed by atoms with Crippen LogP contribution in [0.15, 0.2) is 30.6 Å². The van der Waals surface area contributed by atoms with Gasteiger partial charge in [0.25, 0.3) is 0 Å². The standard InChI is InChI=1S/C10H9ClIN3/c11-5-10-13-7-14-15(10)6-8-1-3-9(12)4-2-8/h1-4,7H,5-6H2. The van der Waals surface area contributed by atoms with Crippen molar-refractivity contribution in [2.24, 2.45) is 0 Å². The van der Waals surface area contributed by atoms with Gasteiger partial charge < -0.3 is 0 Å². The molecule has 2 aromatic rings. The third-order valence-corrected chi connectivity index (χ3v) is 3.02. The van der Waals surface area contributed by atoms with Crippen LogP contribution >= 0.6 is 34.2 Å². The van der Waals surface area contributed by atoms with E-state index in [1.165, 1.54) is 15.5 Å². The third kappa shape index (κ3) is 2.69. The van der Waals surface area contributed by atoms with Crippen LogP contribution in [0.2, 0.25) is 0 Å². The van der Waals surface area contributed by atoms with Crippen LogP contribution in [0.5, 0.6) is 0 Å². The molecule has 0 atom stereocenters. The van der Waals surface area contributed by atoms with E-state index in [9.17, 15) is 0 Å². The van der Waals surface area contributed by atoms with Gasteiger partial charge in [0.1, 0.15) is 12.2 Å². The van der Waals surface area contributed by atoms with Gasteiger partial charge in [0.2, 0.25) is 0 Å². The number of rotatable bonds is 3. The van der Waals surface area contributed by atoms with Gasteiger partial charge in [0.05, 0.1) is 12.4 Å². The molecular weight excluding hydrogens is 324 g/mol. The first-order valence-electron chi connectivity index (χ1n) is 4.46. The molecule has 0 saturated carbocycles. The largest absolute Gasteiger partial charge is 0.244 e. The van der Waals surface area contributed by atoms with Gasteiger partial charge >= 0.3 is 0 Å². The van der Waals surface area contributed by atoms with Crippen molar-refractivity contribution in [2.75, 3.05) is 0 Å². The van der Waals surface area contributed by atoms with Gasteiger partial charge in [-0.25, -0.2) is 9.67 Å². The SMILES string of the molecule is ClCc1ncnn1Cc1ccc(I)cc1. The number of hydrogen-bond donors (Lipinski definition) is 0. The first kappa shape index (κ1) is 10.9. The summed E-state index contributed by atoms with van der Waals surface area (Å²) in [6, 6.07) is 8.32. The highest BCUT2D eigenvalue weighted by molar-refractivity contribution is 14.1. The highest BCUT2D eigenvalue weighted by atomic mass is 127. The minimum Gasteiger partial charge on any atom is -0.244 e. The van der Waals surface area contributed by atoms with Crippen LogP contribution in [0.1, 0.15) is 11.4 Å². The summed E-state index contributed by atoms with van der Waals surface area (Å²) < 4.78 is 3.04. The molecule has 15 heavy (non-hydrogen) atoms. The van der Waals surface area contributed by atoms with Crippen molar-refractivity contribution >= 4 is 34.2 Å². The summed E-state index contributed by atoms with van der Waals surface area (Å²) in [5, 5.41) is 4.12. The number of nitrogens with zero attached hydrogens (tertiary/aromatic N) is 3. The van der Waals surface area contributed by atoms with Gasteiger partial charge in [0, 0.05) is 3.57 Å². The van der Waals surface area contributed by atoms with E-state index >= 15 is 0 Å². The van der Waals surface area contributed by atoms with E-state index in [2.05, 4.69) is 56.9 Å². The lowest BCUT2D eigenvalue weighted by Gasteiger charge is -2.04. The van der Waals surface area contributed by atoms with Crippen LogP contribution < -0.4 is 0 Å². The lowest BCUT2D eigenvalue weighted by molar-refractivity contribution is 0.656. The quantitative estimate of drug-likeness (QED) is 0.639. The first-order valence-corrected chi connectivity index (χ1v) is 6.08. The Hall–Kier alpha value is -0.620. The van der Waals surface area contributed by atoms with E-state index in [4.69, 9.17) is 11.6 Å². The van der Waals surface area contributed by atoms with E-state index in [0.717, 1.165) is 12.4 Å². The smallest absolute Gasteiger partial charge is 0.142 e. The monoisotopic (exact) mass is 333 g/mol. The van der Waals surface area contributed by atoms with E-state index in [1.54, 1.807) is 0 Å². The molecule has 0 aliphatic carbocycles. The predicted octanol–water partition coefficient (Wildman–Crippen LogP) is 2.67. The molecule has 0 aliphatic rings. The zero-order valence-electron chi connectivity index (χ0n) is 7.90. The summed E-state index contributed by atoms with van der Waals surface area (Å²) >= 11 is 8.02. The van der Waals surface area contributed by atoms with Crippen LogP contribution in [-0.4, -0.2) is 14.8 Å². The minimum absolute atomic E-state index is 0.393. The Kier molecular flexibility index (Phi) is 3.58. The van der Waals surface area contributed by atoms with Crippen molar-refractivity contribution in [3.05, 3.63) is 45.6 Å². The minimum atomic E-state index is 0.393. The van der Waals surface area contributed by atoms with Crippen LogP contribution in [0.4, 0.5) is 0 Å². The third-order valence-electron chi connectivity index (χ3n) is 2.06. The highest BCUT2D eigenvalue weighted by Crippen LogP contribution is 2.09. The summed E-state index contributed by atoms with van der Waals surface area (Å²) in [7, 11) is 0. The number of hydrogen-bond acceptors (Lipinski definition) is 2. The zero-order valence-corrected chi connectivity index (χ0v) is 10.8. The van der Waals surface area contributed by atoms with Gasteiger partial charge in [-0.15, -0.1) is 11.6 Å². The lowest BCUT2D eigenvalue weighted by Crippen LogP contribution is -2.05. The van der Waals surface area contributed by atoms with Gasteiger partial charge in [-0.05, 0) is 40.3 Å². The summed E-state index contributed by atoms with van der Waals surface area (Å²) in [5.41, 5.74) is 1.20. The molecule has 3 nitrogen and oxygen atoms in total. The number of benzene rings is 1. The molecule has 78 valence electrons. The fourth-order valence-corrected chi connectivity index (χ4v) is 1.85. The Labute approximate surface area is 107 Å². The number of halogens is 2. The maximum atomic E-state index is 5.74. The normalized spacial score (nSPS) is 10.5. The number of alkyl halides is 1. The summed E-state index contributed by atoms with van der Waals surface area (Å²) in [5.74, 6) is 1.19. The number of aromatic nitrogens is 3. The second-order valence-corrected chi connectivity index (χ2v) is 4.61. The van der Waals surface area contributed by atoms with Crippen molar-refractivity contribution < 1.29 is 0 Å². The van der Waals surface area contributed by atoms with Crippen LogP contribution in [0.25, 0.3) is 0 Å². The van der Waals surface area contributed by atoms with Gasteiger partial charge in [0.15, 0.2) is 0 Å². The fourth-order valence-electron chi connectivity index (χ4n) is 1.29. The second-order valence-electron chi connectivity index (χ2n) is 3.09. The molecule has 1 aromatic heterocycles. The highest BCUT2D eigenvalue weighted by Gasteiger charge is 2.02. The predicted molar refractivity (Wildman–Crippen MR) is 67.8 cm³/mol. The average molecular weight is 334 g/mol. The van der Waals surface area contributed by atoms with Crippen LogP contribution in [0.3, 0.4) is 0 Å². The molecule has 0 fully saturated rings. The van der Waals surface area contributed by atoms with Crippen molar-refractivity contribution in [3.63, 3.8) is 0 Å². The Balaban J connectivity index is 2.18. The summed E-state index contributed by atoms with van der Waals surface area (Å²) in [6.07, 6.45) is 1.53. The summed E-state index contributed by atoms with van der Waals surface area (Å²) in [4.78, 5) is 4.07. The molecule has 0 saturated heterocycles. The molecule has 1 heterocycles.